The zero-order valence-corrected chi connectivity index (χ0v) is 16.3. The second-order valence-corrected chi connectivity index (χ2v) is 9.02. The van der Waals surface area contributed by atoms with Gasteiger partial charge in [0, 0.05) is 54.2 Å². The van der Waals surface area contributed by atoms with E-state index in [1.54, 1.807) is 0 Å². The lowest BCUT2D eigenvalue weighted by Gasteiger charge is -2.35. The molecule has 4 nitrogen and oxygen atoms in total. The highest BCUT2D eigenvalue weighted by molar-refractivity contribution is 7.16. The van der Waals surface area contributed by atoms with Crippen molar-refractivity contribution in [2.24, 2.45) is 0 Å². The van der Waals surface area contributed by atoms with Crippen LogP contribution in [0.2, 0.25) is 0 Å². The minimum atomic E-state index is 0.152. The Bertz CT molecular complexity index is 899. The van der Waals surface area contributed by atoms with E-state index in [2.05, 4.69) is 61.3 Å². The fraction of sp³-hybridized carbons (Fsp3) is 0.450. The Morgan fingerprint density at radius 1 is 1.16 bits per heavy atom. The van der Waals surface area contributed by atoms with Crippen LogP contribution >= 0.6 is 11.3 Å². The lowest BCUT2D eigenvalue weighted by Crippen LogP contribution is -2.46. The van der Waals surface area contributed by atoms with Crippen molar-refractivity contribution in [3.63, 3.8) is 0 Å². The molecule has 5 heteroatoms. The quantitative estimate of drug-likeness (QED) is 0.849. The maximum atomic E-state index is 4.77. The molecule has 0 unspecified atom stereocenters. The van der Waals surface area contributed by atoms with Crippen LogP contribution in [-0.4, -0.2) is 48.0 Å². The Balaban J connectivity index is 1.93. The van der Waals surface area contributed by atoms with Crippen molar-refractivity contribution < 1.29 is 0 Å². The first-order valence-corrected chi connectivity index (χ1v) is 9.75. The number of rotatable bonds is 1. The number of thiophene rings is 1. The van der Waals surface area contributed by atoms with Gasteiger partial charge in [-0.1, -0.05) is 20.8 Å². The number of aromatic nitrogens is 1. The van der Waals surface area contributed by atoms with Crippen molar-refractivity contribution in [3.05, 3.63) is 45.4 Å². The van der Waals surface area contributed by atoms with Gasteiger partial charge >= 0.3 is 0 Å². The first kappa shape index (κ1) is 16.6. The van der Waals surface area contributed by atoms with Gasteiger partial charge < -0.3 is 15.1 Å². The third-order valence-corrected chi connectivity index (χ3v) is 6.46. The fourth-order valence-electron chi connectivity index (χ4n) is 3.40. The first-order chi connectivity index (χ1) is 11.9. The van der Waals surface area contributed by atoms with Crippen LogP contribution in [-0.2, 0) is 5.41 Å². The molecule has 132 valence electrons. The Kier molecular flexibility index (Phi) is 4.08. The van der Waals surface area contributed by atoms with Crippen molar-refractivity contribution in [1.29, 1.82) is 0 Å². The molecule has 1 fully saturated rings. The lowest BCUT2D eigenvalue weighted by molar-refractivity contribution is 0.206. The molecule has 0 radical (unpaired) electrons. The smallest absolute Gasteiger partial charge is 0.102 e. The standard InChI is InChI=1S/C20H26N4S/c1-20(2,3)16-12-15-18(24-10-8-23(4)9-11-24)17-14(6-5-7-21-17)13-22-19(15)25-16/h5-7,12-13,22H,8-11H2,1-4H3. The average Bonchev–Trinajstić information content (AvgIpc) is 2.94. The molecule has 1 N–H and O–H groups in total. The Morgan fingerprint density at radius 3 is 2.64 bits per heavy atom. The van der Waals surface area contributed by atoms with E-state index < -0.39 is 0 Å². The van der Waals surface area contributed by atoms with E-state index in [9.17, 15) is 0 Å². The second kappa shape index (κ2) is 6.15. The topological polar surface area (TPSA) is 31.4 Å². The van der Waals surface area contributed by atoms with Crippen LogP contribution in [0.4, 0.5) is 5.00 Å². The molecule has 4 rings (SSSR count). The van der Waals surface area contributed by atoms with Gasteiger partial charge in [0.1, 0.15) is 5.00 Å². The molecule has 0 saturated carbocycles. The summed E-state index contributed by atoms with van der Waals surface area (Å²) in [5, 5.41) is 7.04. The van der Waals surface area contributed by atoms with Gasteiger partial charge in [0.2, 0.25) is 0 Å². The molecule has 0 aromatic carbocycles. The Morgan fingerprint density at radius 2 is 1.92 bits per heavy atom. The van der Waals surface area contributed by atoms with Crippen LogP contribution in [0.5, 0.6) is 0 Å². The monoisotopic (exact) mass is 354 g/mol. The summed E-state index contributed by atoms with van der Waals surface area (Å²) in [5.74, 6) is 0. The zero-order valence-electron chi connectivity index (χ0n) is 15.5. The van der Waals surface area contributed by atoms with Gasteiger partial charge in [0.05, 0.1) is 11.0 Å². The van der Waals surface area contributed by atoms with Gasteiger partial charge in [-0.15, -0.1) is 11.3 Å². The van der Waals surface area contributed by atoms with Gasteiger partial charge in [-0.3, -0.25) is 4.98 Å². The molecule has 0 bridgehead atoms. The molecule has 1 saturated heterocycles. The van der Waals surface area contributed by atoms with Gasteiger partial charge in [-0.25, -0.2) is 0 Å². The summed E-state index contributed by atoms with van der Waals surface area (Å²) in [6, 6.07) is 6.53. The van der Waals surface area contributed by atoms with E-state index in [1.807, 2.05) is 23.6 Å². The molecule has 4 heterocycles. The number of piperazine rings is 1. The molecule has 0 spiro atoms. The summed E-state index contributed by atoms with van der Waals surface area (Å²) in [4.78, 5) is 11.1. The zero-order chi connectivity index (χ0) is 17.6. The first-order valence-electron chi connectivity index (χ1n) is 8.94. The predicted molar refractivity (Wildman–Crippen MR) is 106 cm³/mol. The highest BCUT2D eigenvalue weighted by atomic mass is 32.1. The molecule has 2 aromatic heterocycles. The number of hydrogen-bond acceptors (Lipinski definition) is 5. The number of hydrogen-bond donors (Lipinski definition) is 1. The Hall–Kier alpha value is -1.85. The number of likely N-dealkylation sites (N-methyl/N-ethyl adjacent to an activating group) is 1. The lowest BCUT2D eigenvalue weighted by atomic mass is 9.94. The van der Waals surface area contributed by atoms with Crippen LogP contribution in [0, 0.1) is 0 Å². The van der Waals surface area contributed by atoms with Crippen LogP contribution in [0.25, 0.3) is 11.9 Å². The van der Waals surface area contributed by atoms with Crippen molar-refractivity contribution >= 4 is 28.2 Å². The molecule has 2 aromatic rings. The van der Waals surface area contributed by atoms with Gasteiger partial charge in [-0.05, 0) is 30.7 Å². The number of nitrogens with zero attached hydrogens (tertiary/aromatic N) is 3. The molecular weight excluding hydrogens is 328 g/mol. The number of fused-ring (bicyclic) bond motifs is 2. The molecular formula is C20H26N4S. The summed E-state index contributed by atoms with van der Waals surface area (Å²) >= 11 is 1.87. The van der Waals surface area contributed by atoms with E-state index >= 15 is 0 Å². The summed E-state index contributed by atoms with van der Waals surface area (Å²) in [7, 11) is 2.20. The van der Waals surface area contributed by atoms with Crippen molar-refractivity contribution in [2.75, 3.05) is 38.5 Å². The fourth-order valence-corrected chi connectivity index (χ4v) is 4.48. The third kappa shape index (κ3) is 3.07. The summed E-state index contributed by atoms with van der Waals surface area (Å²) < 4.78 is 0. The minimum absolute atomic E-state index is 0.152. The van der Waals surface area contributed by atoms with E-state index in [0.29, 0.717) is 0 Å². The maximum absolute atomic E-state index is 4.77. The number of anilines is 1. The molecule has 0 aliphatic carbocycles. The molecule has 25 heavy (non-hydrogen) atoms. The third-order valence-electron chi connectivity index (χ3n) is 4.97. The van der Waals surface area contributed by atoms with E-state index in [4.69, 9.17) is 4.98 Å². The number of nitrogens with one attached hydrogen (secondary N) is 1. The molecule has 2 aliphatic rings. The van der Waals surface area contributed by atoms with Gasteiger partial charge in [0.15, 0.2) is 0 Å². The Labute approximate surface area is 153 Å². The van der Waals surface area contributed by atoms with Crippen molar-refractivity contribution in [3.8, 4) is 0 Å². The van der Waals surface area contributed by atoms with Crippen LogP contribution in [0.1, 0.15) is 31.2 Å². The van der Waals surface area contributed by atoms with Crippen LogP contribution in [0.3, 0.4) is 0 Å². The second-order valence-electron chi connectivity index (χ2n) is 7.97. The van der Waals surface area contributed by atoms with Gasteiger partial charge in [0.25, 0.3) is 0 Å². The maximum Gasteiger partial charge on any atom is 0.102 e. The van der Waals surface area contributed by atoms with Crippen molar-refractivity contribution in [2.45, 2.75) is 26.2 Å². The highest BCUT2D eigenvalue weighted by Crippen LogP contribution is 2.39. The van der Waals surface area contributed by atoms with E-state index in [0.717, 1.165) is 36.7 Å². The van der Waals surface area contributed by atoms with Crippen LogP contribution in [0.15, 0.2) is 24.4 Å². The summed E-state index contributed by atoms with van der Waals surface area (Å²) in [5.41, 5.74) is 2.73. The largest absolute Gasteiger partial charge is 0.367 e. The summed E-state index contributed by atoms with van der Waals surface area (Å²) in [6.45, 7) is 11.1. The highest BCUT2D eigenvalue weighted by Gasteiger charge is 2.26. The SMILES string of the molecule is CN1CCN(C2=c3ncccc3=CNc3sc(C(C)(C)C)cc32)CC1. The minimum Gasteiger partial charge on any atom is -0.367 e. The van der Waals surface area contributed by atoms with Gasteiger partial charge in [-0.2, -0.15) is 0 Å². The molecule has 0 amide bonds. The summed E-state index contributed by atoms with van der Waals surface area (Å²) in [6.07, 6.45) is 4.01. The number of pyridine rings is 1. The van der Waals surface area contributed by atoms with Crippen molar-refractivity contribution in [1.82, 2.24) is 14.8 Å². The molecule has 0 atom stereocenters. The molecule has 2 aliphatic heterocycles. The predicted octanol–water partition coefficient (Wildman–Crippen LogP) is 2.01. The normalized spacial score (nSPS) is 18.1. The van der Waals surface area contributed by atoms with Crippen LogP contribution < -0.4 is 15.9 Å². The van der Waals surface area contributed by atoms with E-state index in [1.165, 1.54) is 21.1 Å². The average molecular weight is 355 g/mol. The van der Waals surface area contributed by atoms with E-state index in [-0.39, 0.29) is 5.41 Å².